The van der Waals surface area contributed by atoms with Crippen LogP contribution in [0.3, 0.4) is 0 Å². The molecule has 2 amide bonds. The molecule has 0 aliphatic carbocycles. The molecule has 0 bridgehead atoms. The predicted molar refractivity (Wildman–Crippen MR) is 120 cm³/mol. The number of carbonyl (C=O) groups excluding carboxylic acids is 2. The molecule has 0 saturated carbocycles. The molecule has 3 rings (SSSR count). The second kappa shape index (κ2) is 9.57. The largest absolute Gasteiger partial charge is 0.444 e. The number of nitrogens with one attached hydrogen (secondary N) is 2. The summed E-state index contributed by atoms with van der Waals surface area (Å²) < 4.78 is 5.29. The van der Waals surface area contributed by atoms with E-state index in [-0.39, 0.29) is 19.1 Å². The Bertz CT molecular complexity index is 1050. The summed E-state index contributed by atoms with van der Waals surface area (Å²) in [5, 5.41) is 16.7. The number of benzene rings is 2. The third-order valence-electron chi connectivity index (χ3n) is 4.65. The van der Waals surface area contributed by atoms with Gasteiger partial charge < -0.3 is 20.5 Å². The lowest BCUT2D eigenvalue weighted by molar-refractivity contribution is -0.117. The van der Waals surface area contributed by atoms with Crippen LogP contribution in [-0.2, 0) is 16.1 Å². The first-order valence-corrected chi connectivity index (χ1v) is 10.1. The van der Waals surface area contributed by atoms with E-state index in [2.05, 4.69) is 15.6 Å². The lowest BCUT2D eigenvalue weighted by atomic mass is 9.96. The molecule has 0 aliphatic rings. The van der Waals surface area contributed by atoms with E-state index >= 15 is 0 Å². The molecule has 3 aromatic rings. The molecule has 0 fully saturated rings. The quantitative estimate of drug-likeness (QED) is 0.559. The van der Waals surface area contributed by atoms with Crippen molar-refractivity contribution in [3.8, 4) is 0 Å². The molecule has 1 atom stereocenters. The molecule has 31 heavy (non-hydrogen) atoms. The van der Waals surface area contributed by atoms with Crippen LogP contribution >= 0.6 is 0 Å². The molecular formula is C24H27N3O4. The van der Waals surface area contributed by atoms with Gasteiger partial charge in [-0.25, -0.2) is 9.78 Å². The third-order valence-corrected chi connectivity index (χ3v) is 4.65. The van der Waals surface area contributed by atoms with Gasteiger partial charge in [-0.2, -0.15) is 0 Å². The van der Waals surface area contributed by atoms with Crippen LogP contribution < -0.4 is 10.6 Å². The van der Waals surface area contributed by atoms with E-state index in [9.17, 15) is 14.7 Å². The Morgan fingerprint density at radius 2 is 1.77 bits per heavy atom. The van der Waals surface area contributed by atoms with Gasteiger partial charge in [0, 0.05) is 18.1 Å². The van der Waals surface area contributed by atoms with Crippen LogP contribution in [0.15, 0.2) is 60.8 Å². The zero-order chi connectivity index (χ0) is 22.4. The van der Waals surface area contributed by atoms with Gasteiger partial charge in [-0.1, -0.05) is 48.5 Å². The molecule has 0 saturated heterocycles. The minimum absolute atomic E-state index is 0.0456. The van der Waals surface area contributed by atoms with E-state index in [0.29, 0.717) is 11.4 Å². The van der Waals surface area contributed by atoms with Crippen molar-refractivity contribution in [3.63, 3.8) is 0 Å². The van der Waals surface area contributed by atoms with Crippen molar-refractivity contribution in [1.29, 1.82) is 0 Å². The average molecular weight is 421 g/mol. The van der Waals surface area contributed by atoms with E-state index in [1.54, 1.807) is 51.2 Å². The molecule has 0 aliphatic heterocycles. The fourth-order valence-corrected chi connectivity index (χ4v) is 3.14. The van der Waals surface area contributed by atoms with Crippen molar-refractivity contribution in [3.05, 3.63) is 71.9 Å². The molecule has 0 spiro atoms. The van der Waals surface area contributed by atoms with Crippen molar-refractivity contribution in [2.45, 2.75) is 38.9 Å². The number of alkyl carbamates (subject to hydrolysis) is 1. The van der Waals surface area contributed by atoms with Crippen LogP contribution in [0.25, 0.3) is 10.8 Å². The highest BCUT2D eigenvalue weighted by molar-refractivity contribution is 6.02. The number of aliphatic hydroxyl groups is 1. The summed E-state index contributed by atoms with van der Waals surface area (Å²) in [5.41, 5.74) is 0.794. The molecule has 0 radical (unpaired) electrons. The standard InChI is InChI=1S/C24H27N3O4/c1-24(2,3)31-23(30)26-14-20(18-10-8-16(15-28)9-11-18)22(29)27-21-19-7-5-4-6-17(19)12-13-25-21/h4-13,20,28H,14-15H2,1-3H3,(H,26,30)(H,25,27,29)/t20-/m1/s1. The van der Waals surface area contributed by atoms with Crippen LogP contribution in [0, 0.1) is 0 Å². The smallest absolute Gasteiger partial charge is 0.407 e. The summed E-state index contributed by atoms with van der Waals surface area (Å²) in [6.07, 6.45) is 1.04. The normalized spacial score (nSPS) is 12.3. The van der Waals surface area contributed by atoms with E-state index in [4.69, 9.17) is 4.74 Å². The van der Waals surface area contributed by atoms with E-state index in [0.717, 1.165) is 16.3 Å². The summed E-state index contributed by atoms with van der Waals surface area (Å²) >= 11 is 0. The van der Waals surface area contributed by atoms with Crippen LogP contribution in [0.5, 0.6) is 0 Å². The molecule has 162 valence electrons. The fraction of sp³-hybridized carbons (Fsp3) is 0.292. The Kier molecular flexibility index (Phi) is 6.87. The molecule has 1 heterocycles. The molecule has 7 nitrogen and oxygen atoms in total. The van der Waals surface area contributed by atoms with Crippen molar-refractivity contribution in [2.75, 3.05) is 11.9 Å². The highest BCUT2D eigenvalue weighted by atomic mass is 16.6. The van der Waals surface area contributed by atoms with Crippen molar-refractivity contribution in [2.24, 2.45) is 0 Å². The number of ether oxygens (including phenoxy) is 1. The van der Waals surface area contributed by atoms with Gasteiger partial charge in [-0.05, 0) is 43.4 Å². The number of amides is 2. The number of aromatic nitrogens is 1. The van der Waals surface area contributed by atoms with Crippen molar-refractivity contribution < 1.29 is 19.4 Å². The lowest BCUT2D eigenvalue weighted by Crippen LogP contribution is -2.37. The molecule has 7 heteroatoms. The van der Waals surface area contributed by atoms with Gasteiger partial charge in [0.25, 0.3) is 0 Å². The Labute approximate surface area is 181 Å². The number of fused-ring (bicyclic) bond motifs is 1. The monoisotopic (exact) mass is 421 g/mol. The maximum atomic E-state index is 13.2. The van der Waals surface area contributed by atoms with Gasteiger partial charge >= 0.3 is 6.09 Å². The highest BCUT2D eigenvalue weighted by Gasteiger charge is 2.24. The molecular weight excluding hydrogens is 394 g/mol. The van der Waals surface area contributed by atoms with Gasteiger partial charge in [0.05, 0.1) is 12.5 Å². The van der Waals surface area contributed by atoms with Gasteiger partial charge in [0.1, 0.15) is 11.4 Å². The fourth-order valence-electron chi connectivity index (χ4n) is 3.14. The maximum Gasteiger partial charge on any atom is 0.407 e. The second-order valence-corrected chi connectivity index (χ2v) is 8.21. The highest BCUT2D eigenvalue weighted by Crippen LogP contribution is 2.23. The summed E-state index contributed by atoms with van der Waals surface area (Å²) in [6, 6.07) is 16.5. The number of pyridine rings is 1. The Morgan fingerprint density at radius 3 is 2.45 bits per heavy atom. The molecule has 3 N–H and O–H groups in total. The van der Waals surface area contributed by atoms with Gasteiger partial charge in [-0.15, -0.1) is 0 Å². The minimum Gasteiger partial charge on any atom is -0.444 e. The number of carbonyl (C=O) groups is 2. The van der Waals surface area contributed by atoms with Gasteiger partial charge in [0.15, 0.2) is 0 Å². The Morgan fingerprint density at radius 1 is 1.06 bits per heavy atom. The number of aliphatic hydroxyl groups excluding tert-OH is 1. The number of nitrogens with zero attached hydrogens (tertiary/aromatic N) is 1. The number of hydrogen-bond donors (Lipinski definition) is 3. The van der Waals surface area contributed by atoms with Crippen molar-refractivity contribution >= 4 is 28.6 Å². The second-order valence-electron chi connectivity index (χ2n) is 8.21. The average Bonchev–Trinajstić information content (AvgIpc) is 2.73. The third kappa shape index (κ3) is 6.02. The first kappa shape index (κ1) is 22.2. The predicted octanol–water partition coefficient (Wildman–Crippen LogP) is 3.97. The zero-order valence-corrected chi connectivity index (χ0v) is 17.9. The number of hydrogen-bond acceptors (Lipinski definition) is 5. The van der Waals surface area contributed by atoms with E-state index < -0.39 is 17.6 Å². The van der Waals surface area contributed by atoms with Crippen LogP contribution in [-0.4, -0.2) is 34.2 Å². The maximum absolute atomic E-state index is 13.2. The van der Waals surface area contributed by atoms with E-state index in [1.807, 2.05) is 30.3 Å². The Balaban J connectivity index is 1.83. The number of anilines is 1. The van der Waals surface area contributed by atoms with Crippen molar-refractivity contribution in [1.82, 2.24) is 10.3 Å². The van der Waals surface area contributed by atoms with Crippen LogP contribution in [0.1, 0.15) is 37.8 Å². The lowest BCUT2D eigenvalue weighted by Gasteiger charge is -2.22. The van der Waals surface area contributed by atoms with Gasteiger partial charge in [0.2, 0.25) is 5.91 Å². The molecule has 1 aromatic heterocycles. The van der Waals surface area contributed by atoms with Gasteiger partial charge in [-0.3, -0.25) is 4.79 Å². The summed E-state index contributed by atoms with van der Waals surface area (Å²) in [4.78, 5) is 29.7. The number of rotatable bonds is 6. The topological polar surface area (TPSA) is 101 Å². The van der Waals surface area contributed by atoms with Crippen LogP contribution in [0.2, 0.25) is 0 Å². The summed E-state index contributed by atoms with van der Waals surface area (Å²) in [7, 11) is 0. The molecule has 0 unspecified atom stereocenters. The van der Waals surface area contributed by atoms with Crippen LogP contribution in [0.4, 0.5) is 10.6 Å². The summed E-state index contributed by atoms with van der Waals surface area (Å²) in [6.45, 7) is 5.28. The first-order chi connectivity index (χ1) is 14.8. The Hall–Kier alpha value is -3.45. The SMILES string of the molecule is CC(C)(C)OC(=O)NC[C@@H](C(=O)Nc1nccc2ccccc12)c1ccc(CO)cc1. The van der Waals surface area contributed by atoms with E-state index in [1.165, 1.54) is 0 Å². The summed E-state index contributed by atoms with van der Waals surface area (Å²) in [5.74, 6) is -0.532. The zero-order valence-electron chi connectivity index (χ0n) is 17.9. The minimum atomic E-state index is -0.680. The molecule has 2 aromatic carbocycles. The first-order valence-electron chi connectivity index (χ1n) is 10.1.